The van der Waals surface area contributed by atoms with E-state index in [1.807, 2.05) is 6.07 Å². The number of ether oxygens (including phenoxy) is 1. The lowest BCUT2D eigenvalue weighted by molar-refractivity contribution is 0.0277. The molecule has 0 bridgehead atoms. The number of aliphatic imine (C=N–C) groups is 1. The first-order valence-corrected chi connectivity index (χ1v) is 8.82. The fourth-order valence-electron chi connectivity index (χ4n) is 2.76. The molecule has 1 aromatic heterocycles. The molecule has 0 aliphatic heterocycles. The number of aromatic nitrogens is 1. The van der Waals surface area contributed by atoms with E-state index in [1.54, 1.807) is 7.05 Å². The average Bonchev–Trinajstić information content (AvgIpc) is 3.06. The minimum atomic E-state index is 0. The molecule has 0 saturated heterocycles. The summed E-state index contributed by atoms with van der Waals surface area (Å²) in [6, 6.07) is 1.97. The smallest absolute Gasteiger partial charge is 0.191 e. The van der Waals surface area contributed by atoms with Gasteiger partial charge in [-0.3, -0.25) is 4.99 Å². The molecular formula is C17H31IN4O2. The van der Waals surface area contributed by atoms with Crippen molar-refractivity contribution < 1.29 is 9.26 Å². The van der Waals surface area contributed by atoms with Crippen LogP contribution in [-0.2, 0) is 17.7 Å². The van der Waals surface area contributed by atoms with E-state index >= 15 is 0 Å². The Morgan fingerprint density at radius 2 is 2.12 bits per heavy atom. The van der Waals surface area contributed by atoms with Gasteiger partial charge in [-0.1, -0.05) is 31.3 Å². The molecule has 0 radical (unpaired) electrons. The first-order valence-electron chi connectivity index (χ1n) is 8.82. The molecule has 1 aliphatic carbocycles. The number of halogens is 1. The second kappa shape index (κ2) is 12.5. The van der Waals surface area contributed by atoms with Gasteiger partial charge in [-0.15, -0.1) is 24.0 Å². The van der Waals surface area contributed by atoms with Gasteiger partial charge in [0.25, 0.3) is 0 Å². The van der Waals surface area contributed by atoms with Gasteiger partial charge in [-0.2, -0.15) is 0 Å². The standard InChI is InChI=1S/C17H30N4O2.HI/c1-3-14-12-16(23-21-14)13-20-17(18-2)19-10-7-11-22-15-8-5-4-6-9-15;/h12,15H,3-11,13H2,1-2H3,(H2,18,19,20);1H. The second-order valence-electron chi connectivity index (χ2n) is 5.98. The van der Waals surface area contributed by atoms with Gasteiger partial charge >= 0.3 is 0 Å². The first-order chi connectivity index (χ1) is 11.3. The number of hydrogen-bond donors (Lipinski definition) is 2. The highest BCUT2D eigenvalue weighted by Gasteiger charge is 2.13. The summed E-state index contributed by atoms with van der Waals surface area (Å²) in [6.45, 7) is 4.32. The zero-order valence-electron chi connectivity index (χ0n) is 14.8. The van der Waals surface area contributed by atoms with E-state index in [0.29, 0.717) is 12.6 Å². The zero-order valence-corrected chi connectivity index (χ0v) is 17.2. The lowest BCUT2D eigenvalue weighted by Crippen LogP contribution is -2.37. The van der Waals surface area contributed by atoms with E-state index in [1.165, 1.54) is 32.1 Å². The first kappa shape index (κ1) is 21.2. The number of aryl methyl sites for hydroxylation is 1. The van der Waals surface area contributed by atoms with Crippen LogP contribution in [0, 0.1) is 0 Å². The van der Waals surface area contributed by atoms with Crippen LogP contribution in [0.2, 0.25) is 0 Å². The summed E-state index contributed by atoms with van der Waals surface area (Å²) in [5, 5.41) is 10.5. The molecular weight excluding hydrogens is 419 g/mol. The van der Waals surface area contributed by atoms with Gasteiger partial charge < -0.3 is 19.9 Å². The van der Waals surface area contributed by atoms with E-state index in [4.69, 9.17) is 9.26 Å². The van der Waals surface area contributed by atoms with Crippen molar-refractivity contribution in [1.29, 1.82) is 0 Å². The van der Waals surface area contributed by atoms with Gasteiger partial charge in [0.2, 0.25) is 0 Å². The lowest BCUT2D eigenvalue weighted by Gasteiger charge is -2.22. The third kappa shape index (κ3) is 7.83. The Labute approximate surface area is 162 Å². The highest BCUT2D eigenvalue weighted by atomic mass is 127. The van der Waals surface area contributed by atoms with Crippen molar-refractivity contribution in [3.63, 3.8) is 0 Å². The number of nitrogens with one attached hydrogen (secondary N) is 2. The van der Waals surface area contributed by atoms with Crippen molar-refractivity contribution in [3.05, 3.63) is 17.5 Å². The molecule has 2 N–H and O–H groups in total. The molecule has 24 heavy (non-hydrogen) atoms. The SMILES string of the molecule is CCc1cc(CNC(=NC)NCCCOC2CCCCC2)on1.I. The molecule has 0 atom stereocenters. The molecule has 2 rings (SSSR count). The molecule has 6 nitrogen and oxygen atoms in total. The molecule has 7 heteroatoms. The van der Waals surface area contributed by atoms with Crippen molar-refractivity contribution in [2.24, 2.45) is 4.99 Å². The minimum absolute atomic E-state index is 0. The predicted octanol–water partition coefficient (Wildman–Crippen LogP) is 3.26. The average molecular weight is 450 g/mol. The fraction of sp³-hybridized carbons (Fsp3) is 0.765. The Kier molecular flexibility index (Phi) is 11.1. The summed E-state index contributed by atoms with van der Waals surface area (Å²) in [7, 11) is 1.77. The largest absolute Gasteiger partial charge is 0.378 e. The van der Waals surface area contributed by atoms with E-state index in [2.05, 4.69) is 27.7 Å². The fourth-order valence-corrected chi connectivity index (χ4v) is 2.76. The van der Waals surface area contributed by atoms with Gasteiger partial charge in [0.1, 0.15) is 0 Å². The number of rotatable bonds is 8. The van der Waals surface area contributed by atoms with Crippen LogP contribution >= 0.6 is 24.0 Å². The van der Waals surface area contributed by atoms with Gasteiger partial charge in [0.15, 0.2) is 11.7 Å². The summed E-state index contributed by atoms with van der Waals surface area (Å²) in [4.78, 5) is 4.21. The van der Waals surface area contributed by atoms with Crippen molar-refractivity contribution in [1.82, 2.24) is 15.8 Å². The summed E-state index contributed by atoms with van der Waals surface area (Å²) in [6.07, 6.45) is 8.83. The quantitative estimate of drug-likeness (QED) is 0.275. The van der Waals surface area contributed by atoms with Crippen molar-refractivity contribution in [3.8, 4) is 0 Å². The highest BCUT2D eigenvalue weighted by molar-refractivity contribution is 14.0. The molecule has 138 valence electrons. The van der Waals surface area contributed by atoms with Gasteiger partial charge in [0.05, 0.1) is 18.3 Å². The van der Waals surface area contributed by atoms with Crippen molar-refractivity contribution >= 4 is 29.9 Å². The molecule has 0 unspecified atom stereocenters. The molecule has 0 amide bonds. The van der Waals surface area contributed by atoms with E-state index < -0.39 is 0 Å². The van der Waals surface area contributed by atoms with Gasteiger partial charge in [0, 0.05) is 26.3 Å². The third-order valence-corrected chi connectivity index (χ3v) is 4.14. The summed E-state index contributed by atoms with van der Waals surface area (Å²) in [5.41, 5.74) is 0.976. The zero-order chi connectivity index (χ0) is 16.3. The maximum Gasteiger partial charge on any atom is 0.191 e. The van der Waals surface area contributed by atoms with E-state index in [0.717, 1.165) is 43.4 Å². The molecule has 1 heterocycles. The van der Waals surface area contributed by atoms with Gasteiger partial charge in [-0.05, 0) is 25.7 Å². The molecule has 1 aliphatic rings. The predicted molar refractivity (Wildman–Crippen MR) is 107 cm³/mol. The van der Waals surface area contributed by atoms with Crippen LogP contribution in [0.5, 0.6) is 0 Å². The molecule has 0 spiro atoms. The monoisotopic (exact) mass is 450 g/mol. The Morgan fingerprint density at radius 3 is 2.79 bits per heavy atom. The van der Waals surface area contributed by atoms with Crippen LogP contribution in [0.3, 0.4) is 0 Å². The molecule has 1 saturated carbocycles. The Bertz CT molecular complexity index is 473. The van der Waals surface area contributed by atoms with Gasteiger partial charge in [-0.25, -0.2) is 0 Å². The number of guanidine groups is 1. The molecule has 1 fully saturated rings. The second-order valence-corrected chi connectivity index (χ2v) is 5.98. The Balaban J connectivity index is 0.00000288. The molecule has 0 aromatic carbocycles. The third-order valence-electron chi connectivity index (χ3n) is 4.14. The lowest BCUT2D eigenvalue weighted by atomic mass is 9.98. The maximum absolute atomic E-state index is 5.92. The van der Waals surface area contributed by atoms with Crippen LogP contribution in [0.4, 0.5) is 0 Å². The van der Waals surface area contributed by atoms with Crippen LogP contribution in [-0.4, -0.2) is 37.4 Å². The van der Waals surface area contributed by atoms with Crippen LogP contribution in [0.1, 0.15) is 56.9 Å². The minimum Gasteiger partial charge on any atom is -0.378 e. The summed E-state index contributed by atoms with van der Waals surface area (Å²) < 4.78 is 11.2. The molecule has 1 aromatic rings. The van der Waals surface area contributed by atoms with Crippen molar-refractivity contribution in [2.75, 3.05) is 20.2 Å². The Morgan fingerprint density at radius 1 is 1.33 bits per heavy atom. The maximum atomic E-state index is 5.92. The topological polar surface area (TPSA) is 71.7 Å². The van der Waals surface area contributed by atoms with Crippen LogP contribution < -0.4 is 10.6 Å². The number of hydrogen-bond acceptors (Lipinski definition) is 4. The number of nitrogens with zero attached hydrogens (tertiary/aromatic N) is 2. The Hall–Kier alpha value is -0.830. The highest BCUT2D eigenvalue weighted by Crippen LogP contribution is 2.20. The van der Waals surface area contributed by atoms with E-state index in [-0.39, 0.29) is 24.0 Å². The van der Waals surface area contributed by atoms with Crippen molar-refractivity contribution in [2.45, 2.75) is 64.5 Å². The van der Waals surface area contributed by atoms with Crippen LogP contribution in [0.15, 0.2) is 15.6 Å². The summed E-state index contributed by atoms with van der Waals surface area (Å²) >= 11 is 0. The normalized spacial score (nSPS) is 15.8. The summed E-state index contributed by atoms with van der Waals surface area (Å²) in [5.74, 6) is 1.60. The van der Waals surface area contributed by atoms with Crippen LogP contribution in [0.25, 0.3) is 0 Å². The van der Waals surface area contributed by atoms with E-state index in [9.17, 15) is 0 Å².